The van der Waals surface area contributed by atoms with Crippen molar-refractivity contribution in [3.8, 4) is 0 Å². The SMILES string of the molecule is CC1CCN(S(=O)(=O)N2CCC[C@@H](CS(N)(=O)=O)C2)CC1. The van der Waals surface area contributed by atoms with Gasteiger partial charge in [-0.25, -0.2) is 13.6 Å². The molecule has 2 aliphatic heterocycles. The summed E-state index contributed by atoms with van der Waals surface area (Å²) < 4.78 is 50.6. The molecule has 0 aromatic carbocycles. The van der Waals surface area contributed by atoms with Gasteiger partial charge in [0, 0.05) is 26.2 Å². The lowest BCUT2D eigenvalue weighted by Crippen LogP contribution is -2.50. The fourth-order valence-electron chi connectivity index (χ4n) is 3.08. The summed E-state index contributed by atoms with van der Waals surface area (Å²) in [5, 5.41) is 5.07. The van der Waals surface area contributed by atoms with Gasteiger partial charge in [0.1, 0.15) is 0 Å². The minimum Gasteiger partial charge on any atom is -0.229 e. The van der Waals surface area contributed by atoms with Crippen LogP contribution in [0, 0.1) is 11.8 Å². The minimum absolute atomic E-state index is 0.143. The van der Waals surface area contributed by atoms with Gasteiger partial charge in [0.05, 0.1) is 5.75 Å². The molecule has 0 spiro atoms. The standard InChI is InChI=1S/C12H25N3O4S2/c1-11-4-7-14(8-5-11)21(18,19)15-6-2-3-12(9-15)10-20(13,16)17/h11-12H,2-10H2,1H3,(H2,13,16,17)/t12-/m1/s1. The maximum atomic E-state index is 12.6. The topological polar surface area (TPSA) is 101 Å². The van der Waals surface area contributed by atoms with E-state index in [1.165, 1.54) is 8.61 Å². The van der Waals surface area contributed by atoms with Gasteiger partial charge in [0.15, 0.2) is 0 Å². The van der Waals surface area contributed by atoms with Gasteiger partial charge in [-0.3, -0.25) is 0 Å². The highest BCUT2D eigenvalue weighted by Crippen LogP contribution is 2.25. The molecule has 1 atom stereocenters. The molecule has 0 radical (unpaired) electrons. The number of nitrogens with zero attached hydrogens (tertiary/aromatic N) is 2. The first-order valence-electron chi connectivity index (χ1n) is 7.44. The summed E-state index contributed by atoms with van der Waals surface area (Å²) in [5.74, 6) is 0.218. The molecular weight excluding hydrogens is 314 g/mol. The molecule has 0 aromatic rings. The Kier molecular flexibility index (Phi) is 5.30. The second kappa shape index (κ2) is 6.49. The quantitative estimate of drug-likeness (QED) is 0.777. The van der Waals surface area contributed by atoms with E-state index in [2.05, 4.69) is 6.92 Å². The molecule has 21 heavy (non-hydrogen) atoms. The van der Waals surface area contributed by atoms with E-state index in [1.54, 1.807) is 0 Å². The lowest BCUT2D eigenvalue weighted by Gasteiger charge is -2.37. The highest BCUT2D eigenvalue weighted by molar-refractivity contribution is 7.89. The van der Waals surface area contributed by atoms with Crippen LogP contribution < -0.4 is 5.14 Å². The van der Waals surface area contributed by atoms with Crippen LogP contribution in [0.3, 0.4) is 0 Å². The molecule has 0 saturated carbocycles. The van der Waals surface area contributed by atoms with Crippen molar-refractivity contribution in [3.05, 3.63) is 0 Å². The van der Waals surface area contributed by atoms with E-state index < -0.39 is 20.2 Å². The fourth-order valence-corrected chi connectivity index (χ4v) is 5.77. The third-order valence-corrected chi connectivity index (χ3v) is 7.28. The van der Waals surface area contributed by atoms with Crippen LogP contribution >= 0.6 is 0 Å². The normalized spacial score (nSPS) is 27.8. The summed E-state index contributed by atoms with van der Waals surface area (Å²) in [6, 6.07) is 0. The Morgan fingerprint density at radius 1 is 1.00 bits per heavy atom. The number of rotatable bonds is 4. The smallest absolute Gasteiger partial charge is 0.229 e. The summed E-state index contributed by atoms with van der Waals surface area (Å²) in [4.78, 5) is 0. The zero-order chi connectivity index (χ0) is 15.7. The van der Waals surface area contributed by atoms with Gasteiger partial charge in [-0.2, -0.15) is 17.0 Å². The first kappa shape index (κ1) is 17.1. The van der Waals surface area contributed by atoms with Crippen molar-refractivity contribution in [2.24, 2.45) is 17.0 Å². The second-order valence-electron chi connectivity index (χ2n) is 6.29. The Morgan fingerprint density at radius 3 is 2.19 bits per heavy atom. The molecule has 2 rings (SSSR count). The summed E-state index contributed by atoms with van der Waals surface area (Å²) >= 11 is 0. The zero-order valence-corrected chi connectivity index (χ0v) is 14.1. The van der Waals surface area contributed by atoms with E-state index in [1.807, 2.05) is 0 Å². The van der Waals surface area contributed by atoms with Gasteiger partial charge in [0.25, 0.3) is 10.2 Å². The molecule has 0 amide bonds. The molecule has 2 aliphatic rings. The van der Waals surface area contributed by atoms with Gasteiger partial charge in [-0.05, 0) is 37.5 Å². The summed E-state index contributed by atoms with van der Waals surface area (Å²) in [7, 11) is -7.03. The van der Waals surface area contributed by atoms with Crippen molar-refractivity contribution < 1.29 is 16.8 Å². The Balaban J connectivity index is 2.02. The molecule has 9 heteroatoms. The highest BCUT2D eigenvalue weighted by atomic mass is 32.2. The van der Waals surface area contributed by atoms with E-state index in [0.717, 1.165) is 12.8 Å². The average Bonchev–Trinajstić information content (AvgIpc) is 2.37. The van der Waals surface area contributed by atoms with Crippen molar-refractivity contribution in [2.45, 2.75) is 32.6 Å². The van der Waals surface area contributed by atoms with Crippen LogP contribution in [-0.4, -0.2) is 57.4 Å². The fraction of sp³-hybridized carbons (Fsp3) is 1.00. The molecule has 0 bridgehead atoms. The van der Waals surface area contributed by atoms with Gasteiger partial charge < -0.3 is 0 Å². The first-order chi connectivity index (χ1) is 9.68. The van der Waals surface area contributed by atoms with Crippen molar-refractivity contribution in [3.63, 3.8) is 0 Å². The third-order valence-electron chi connectivity index (χ3n) is 4.34. The van der Waals surface area contributed by atoms with Crippen LogP contribution in [0.1, 0.15) is 32.6 Å². The van der Waals surface area contributed by atoms with Crippen LogP contribution in [0.15, 0.2) is 0 Å². The monoisotopic (exact) mass is 339 g/mol. The third kappa shape index (κ3) is 4.62. The molecule has 7 nitrogen and oxygen atoms in total. The molecule has 2 saturated heterocycles. The Hall–Kier alpha value is -0.220. The Bertz CT molecular complexity index is 553. The van der Waals surface area contributed by atoms with E-state index in [-0.39, 0.29) is 18.2 Å². The predicted octanol–water partition coefficient (Wildman–Crippen LogP) is -0.0364. The van der Waals surface area contributed by atoms with Crippen LogP contribution in [0.4, 0.5) is 0 Å². The van der Waals surface area contributed by atoms with Crippen LogP contribution in [-0.2, 0) is 20.2 Å². The van der Waals surface area contributed by atoms with E-state index in [0.29, 0.717) is 38.4 Å². The van der Waals surface area contributed by atoms with E-state index in [9.17, 15) is 16.8 Å². The molecule has 0 aromatic heterocycles. The molecule has 0 aliphatic carbocycles. The van der Waals surface area contributed by atoms with Gasteiger partial charge >= 0.3 is 0 Å². The van der Waals surface area contributed by atoms with Crippen molar-refractivity contribution in [1.82, 2.24) is 8.61 Å². The van der Waals surface area contributed by atoms with Crippen molar-refractivity contribution in [2.75, 3.05) is 31.9 Å². The molecule has 124 valence electrons. The second-order valence-corrected chi connectivity index (χ2v) is 9.87. The lowest BCUT2D eigenvalue weighted by molar-refractivity contribution is 0.233. The number of primary sulfonamides is 1. The number of sulfonamides is 1. The first-order valence-corrected chi connectivity index (χ1v) is 10.6. The predicted molar refractivity (Wildman–Crippen MR) is 81.2 cm³/mol. The average molecular weight is 339 g/mol. The van der Waals surface area contributed by atoms with Crippen molar-refractivity contribution in [1.29, 1.82) is 0 Å². The Morgan fingerprint density at radius 2 is 1.62 bits per heavy atom. The number of hydrogen-bond acceptors (Lipinski definition) is 4. The molecule has 2 N–H and O–H groups in total. The van der Waals surface area contributed by atoms with E-state index in [4.69, 9.17) is 5.14 Å². The number of piperidine rings is 2. The van der Waals surface area contributed by atoms with Gasteiger partial charge in [-0.1, -0.05) is 6.92 Å². The van der Waals surface area contributed by atoms with Gasteiger partial charge in [-0.15, -0.1) is 0 Å². The summed E-state index contributed by atoms with van der Waals surface area (Å²) in [5.41, 5.74) is 0. The molecule has 0 unspecified atom stereocenters. The maximum Gasteiger partial charge on any atom is 0.281 e. The number of hydrogen-bond donors (Lipinski definition) is 1. The van der Waals surface area contributed by atoms with Crippen molar-refractivity contribution >= 4 is 20.2 Å². The lowest BCUT2D eigenvalue weighted by atomic mass is 10.0. The van der Waals surface area contributed by atoms with E-state index >= 15 is 0 Å². The number of nitrogens with two attached hydrogens (primary N) is 1. The van der Waals surface area contributed by atoms with Crippen LogP contribution in [0.2, 0.25) is 0 Å². The Labute approximate surface area is 127 Å². The largest absolute Gasteiger partial charge is 0.281 e. The zero-order valence-electron chi connectivity index (χ0n) is 12.4. The van der Waals surface area contributed by atoms with Crippen LogP contribution in [0.25, 0.3) is 0 Å². The minimum atomic E-state index is -3.56. The summed E-state index contributed by atoms with van der Waals surface area (Å²) in [6.45, 7) is 3.97. The van der Waals surface area contributed by atoms with Gasteiger partial charge in [0.2, 0.25) is 10.0 Å². The summed E-state index contributed by atoms with van der Waals surface area (Å²) in [6.07, 6.45) is 3.16. The molecular formula is C12H25N3O4S2. The maximum absolute atomic E-state index is 12.6. The highest BCUT2D eigenvalue weighted by Gasteiger charge is 2.35. The molecule has 2 fully saturated rings. The van der Waals surface area contributed by atoms with Crippen LogP contribution in [0.5, 0.6) is 0 Å². The molecule has 2 heterocycles.